The van der Waals surface area contributed by atoms with Crippen LogP contribution >= 0.6 is 11.3 Å². The summed E-state index contributed by atoms with van der Waals surface area (Å²) in [6.07, 6.45) is 3.20. The fourth-order valence-corrected chi connectivity index (χ4v) is 2.59. The quantitative estimate of drug-likeness (QED) is 0.462. The van der Waals surface area contributed by atoms with Crippen LogP contribution in [0.5, 0.6) is 0 Å². The number of benzene rings is 1. The van der Waals surface area contributed by atoms with Crippen molar-refractivity contribution in [2.75, 3.05) is 0 Å². The van der Waals surface area contributed by atoms with Crippen molar-refractivity contribution in [3.63, 3.8) is 0 Å². The second kappa shape index (κ2) is 2.90. The van der Waals surface area contributed by atoms with E-state index >= 15 is 0 Å². The van der Waals surface area contributed by atoms with Gasteiger partial charge in [-0.05, 0) is 17.7 Å². The molecule has 1 aliphatic heterocycles. The third-order valence-corrected chi connectivity index (χ3v) is 3.38. The van der Waals surface area contributed by atoms with Crippen molar-refractivity contribution in [2.24, 2.45) is 0 Å². The zero-order valence-corrected chi connectivity index (χ0v) is 8.38. The van der Waals surface area contributed by atoms with E-state index in [0.29, 0.717) is 0 Å². The molecule has 2 aromatic rings. The third kappa shape index (κ3) is 1.26. The molecule has 1 aromatic carbocycles. The van der Waals surface area contributed by atoms with E-state index in [1.165, 1.54) is 6.07 Å². The van der Waals surface area contributed by atoms with E-state index in [4.69, 9.17) is 0 Å². The zero-order valence-electron chi connectivity index (χ0n) is 7.56. The summed E-state index contributed by atoms with van der Waals surface area (Å²) >= 11 is 1.60. The summed E-state index contributed by atoms with van der Waals surface area (Å²) in [6, 6.07) is 8.83. The van der Waals surface area contributed by atoms with E-state index in [1.54, 1.807) is 23.5 Å². The Balaban J connectivity index is 2.22. The molecule has 2 heterocycles. The van der Waals surface area contributed by atoms with Crippen LogP contribution in [0.25, 0.3) is 10.4 Å². The Hall–Kier alpha value is -1.68. The number of hydrogen-bond acceptors (Lipinski definition) is 3. The highest BCUT2D eigenvalue weighted by Gasteiger charge is 2.19. The maximum atomic E-state index is 10.6. The van der Waals surface area contributed by atoms with Crippen LogP contribution in [0.2, 0.25) is 0 Å². The molecule has 1 aromatic heterocycles. The molecular formula is C11H5NO2S. The molecule has 72 valence electrons. The van der Waals surface area contributed by atoms with Crippen LogP contribution in [-0.4, -0.2) is 4.92 Å². The summed E-state index contributed by atoms with van der Waals surface area (Å²) in [5.74, 6) is 0. The molecule has 0 spiro atoms. The van der Waals surface area contributed by atoms with Gasteiger partial charge in [0.15, 0.2) is 0 Å². The molecule has 4 heteroatoms. The van der Waals surface area contributed by atoms with Gasteiger partial charge in [-0.3, -0.25) is 10.1 Å². The summed E-state index contributed by atoms with van der Waals surface area (Å²) in [5.41, 5.74) is 1.98. The van der Waals surface area contributed by atoms with Crippen LogP contribution in [0.4, 0.5) is 5.69 Å². The van der Waals surface area contributed by atoms with Gasteiger partial charge < -0.3 is 0 Å². The predicted octanol–water partition coefficient (Wildman–Crippen LogP) is 3.11. The van der Waals surface area contributed by atoms with Gasteiger partial charge in [0.25, 0.3) is 5.69 Å². The molecule has 3 nitrogen and oxygen atoms in total. The SMILES string of the molecule is O=[N+]([O-])c1ccc2c(c1)-c1ccc(s1)[C]2. The monoisotopic (exact) mass is 215 g/mol. The summed E-state index contributed by atoms with van der Waals surface area (Å²) < 4.78 is 0. The summed E-state index contributed by atoms with van der Waals surface area (Å²) in [7, 11) is 0. The number of rotatable bonds is 1. The van der Waals surface area contributed by atoms with Crippen LogP contribution in [0.1, 0.15) is 10.4 Å². The molecule has 1 aliphatic rings. The minimum Gasteiger partial charge on any atom is -0.258 e. The van der Waals surface area contributed by atoms with Crippen LogP contribution in [0.15, 0.2) is 30.3 Å². The van der Waals surface area contributed by atoms with Crippen molar-refractivity contribution in [1.29, 1.82) is 0 Å². The fourth-order valence-electron chi connectivity index (χ4n) is 1.64. The number of thiophene rings is 1. The standard InChI is InChI=1S/C11H5NO2S/c13-12(14)8-2-1-7-5-9-3-4-11(15-9)10(7)6-8/h1-4,6H. The molecule has 0 saturated carbocycles. The van der Waals surface area contributed by atoms with Crippen molar-refractivity contribution < 1.29 is 4.92 Å². The van der Waals surface area contributed by atoms with E-state index in [1.807, 2.05) is 12.1 Å². The first kappa shape index (κ1) is 8.61. The first-order valence-corrected chi connectivity index (χ1v) is 5.21. The molecule has 0 N–H and O–H groups in total. The second-order valence-corrected chi connectivity index (χ2v) is 4.36. The Bertz CT molecular complexity index is 559. The first-order valence-electron chi connectivity index (χ1n) is 4.40. The predicted molar refractivity (Wildman–Crippen MR) is 57.9 cm³/mol. The van der Waals surface area contributed by atoms with Crippen molar-refractivity contribution in [3.8, 4) is 10.4 Å². The highest BCUT2D eigenvalue weighted by molar-refractivity contribution is 7.16. The average molecular weight is 215 g/mol. The van der Waals surface area contributed by atoms with E-state index in [-0.39, 0.29) is 10.6 Å². The second-order valence-electron chi connectivity index (χ2n) is 3.28. The molecular weight excluding hydrogens is 210 g/mol. The Morgan fingerprint density at radius 3 is 2.93 bits per heavy atom. The molecule has 0 atom stereocenters. The molecule has 0 fully saturated rings. The van der Waals surface area contributed by atoms with E-state index in [2.05, 4.69) is 6.42 Å². The van der Waals surface area contributed by atoms with Crippen molar-refractivity contribution in [3.05, 3.63) is 57.3 Å². The Kier molecular flexibility index (Phi) is 1.67. The Labute approximate surface area is 90.1 Å². The van der Waals surface area contributed by atoms with Gasteiger partial charge in [0, 0.05) is 27.5 Å². The molecule has 0 amide bonds. The number of nitro groups is 1. The molecule has 2 radical (unpaired) electrons. The molecule has 0 unspecified atom stereocenters. The third-order valence-electron chi connectivity index (χ3n) is 2.34. The maximum absolute atomic E-state index is 10.6. The smallest absolute Gasteiger partial charge is 0.258 e. The largest absolute Gasteiger partial charge is 0.270 e. The van der Waals surface area contributed by atoms with Gasteiger partial charge in [-0.15, -0.1) is 11.3 Å². The number of nitrogens with zero attached hydrogens (tertiary/aromatic N) is 1. The van der Waals surface area contributed by atoms with Crippen molar-refractivity contribution in [1.82, 2.24) is 0 Å². The van der Waals surface area contributed by atoms with Gasteiger partial charge in [-0.2, -0.15) is 0 Å². The number of hydrogen-bond donors (Lipinski definition) is 0. The molecule has 0 saturated heterocycles. The van der Waals surface area contributed by atoms with Crippen molar-refractivity contribution in [2.45, 2.75) is 0 Å². The topological polar surface area (TPSA) is 43.1 Å². The first-order chi connectivity index (χ1) is 7.24. The van der Waals surface area contributed by atoms with Gasteiger partial charge in [-0.25, -0.2) is 0 Å². The van der Waals surface area contributed by atoms with Crippen LogP contribution in [0, 0.1) is 16.5 Å². The van der Waals surface area contributed by atoms with Crippen LogP contribution < -0.4 is 0 Å². The highest BCUT2D eigenvalue weighted by Crippen LogP contribution is 2.40. The van der Waals surface area contributed by atoms with Gasteiger partial charge in [0.2, 0.25) is 0 Å². The zero-order chi connectivity index (χ0) is 10.4. The molecule has 2 bridgehead atoms. The normalized spacial score (nSPS) is 12.3. The summed E-state index contributed by atoms with van der Waals surface area (Å²) in [4.78, 5) is 12.4. The molecule has 0 aliphatic carbocycles. The number of non-ortho nitro benzene ring substituents is 1. The van der Waals surface area contributed by atoms with Gasteiger partial charge in [-0.1, -0.05) is 6.07 Å². The molecule has 3 rings (SSSR count). The highest BCUT2D eigenvalue weighted by atomic mass is 32.1. The van der Waals surface area contributed by atoms with Crippen LogP contribution in [0.3, 0.4) is 0 Å². The Morgan fingerprint density at radius 2 is 2.13 bits per heavy atom. The van der Waals surface area contributed by atoms with Gasteiger partial charge in [0.1, 0.15) is 0 Å². The van der Waals surface area contributed by atoms with Crippen LogP contribution in [-0.2, 0) is 0 Å². The minimum atomic E-state index is -0.372. The Morgan fingerprint density at radius 1 is 1.27 bits per heavy atom. The van der Waals surface area contributed by atoms with Gasteiger partial charge in [0.05, 0.1) is 11.3 Å². The minimum absolute atomic E-state index is 0.132. The van der Waals surface area contributed by atoms with Gasteiger partial charge >= 0.3 is 0 Å². The van der Waals surface area contributed by atoms with Crippen molar-refractivity contribution >= 4 is 17.0 Å². The average Bonchev–Trinajstić information content (AvgIpc) is 2.61. The van der Waals surface area contributed by atoms with E-state index in [9.17, 15) is 10.1 Å². The maximum Gasteiger partial charge on any atom is 0.270 e. The summed E-state index contributed by atoms with van der Waals surface area (Å²) in [5, 5.41) is 10.6. The lowest BCUT2D eigenvalue weighted by Gasteiger charge is -2.09. The number of fused-ring (bicyclic) bond motifs is 4. The lowest BCUT2D eigenvalue weighted by Crippen LogP contribution is -1.93. The summed E-state index contributed by atoms with van der Waals surface area (Å²) in [6.45, 7) is 0. The number of nitro benzene ring substituents is 1. The van der Waals surface area contributed by atoms with E-state index in [0.717, 1.165) is 20.9 Å². The van der Waals surface area contributed by atoms with E-state index < -0.39 is 0 Å². The fraction of sp³-hybridized carbons (Fsp3) is 0. The molecule has 15 heavy (non-hydrogen) atoms. The lowest BCUT2D eigenvalue weighted by molar-refractivity contribution is -0.384. The lowest BCUT2D eigenvalue weighted by atomic mass is 10.0.